The van der Waals surface area contributed by atoms with Gasteiger partial charge in [-0.1, -0.05) is 12.0 Å². The van der Waals surface area contributed by atoms with Gasteiger partial charge in [-0.15, -0.1) is 5.10 Å². The number of amides is 1. The highest BCUT2D eigenvalue weighted by Gasteiger charge is 2.21. The topological polar surface area (TPSA) is 74.5 Å². The summed E-state index contributed by atoms with van der Waals surface area (Å²) in [7, 11) is 1.80. The first-order valence-electron chi connectivity index (χ1n) is 7.22. The molecule has 7 heteroatoms. The zero-order valence-corrected chi connectivity index (χ0v) is 12.3. The van der Waals surface area contributed by atoms with Crippen LogP contribution in [0.2, 0.25) is 0 Å². The third-order valence-corrected chi connectivity index (χ3v) is 3.32. The van der Waals surface area contributed by atoms with E-state index in [0.717, 1.165) is 38.9 Å². The van der Waals surface area contributed by atoms with Crippen LogP contribution >= 0.6 is 0 Å². The molecule has 1 aliphatic heterocycles. The van der Waals surface area contributed by atoms with Gasteiger partial charge in [0.05, 0.1) is 6.54 Å². The molecule has 0 unspecified atom stereocenters. The van der Waals surface area contributed by atoms with Gasteiger partial charge in [0.2, 0.25) is 11.8 Å². The van der Waals surface area contributed by atoms with Gasteiger partial charge in [0.1, 0.15) is 6.54 Å². The van der Waals surface area contributed by atoms with Crippen LogP contribution in [-0.2, 0) is 11.3 Å². The minimum absolute atomic E-state index is 0.119. The van der Waals surface area contributed by atoms with Crippen molar-refractivity contribution in [1.82, 2.24) is 20.4 Å². The molecule has 112 valence electrons. The normalized spacial score (nSPS) is 14.8. The van der Waals surface area contributed by atoms with Gasteiger partial charge in [-0.05, 0) is 25.8 Å². The lowest BCUT2D eigenvalue weighted by Gasteiger charge is -2.19. The number of hydrogen-bond acceptors (Lipinski definition) is 6. The van der Waals surface area contributed by atoms with Crippen LogP contribution in [0.3, 0.4) is 0 Å². The Bertz CT molecular complexity index is 428. The Balaban J connectivity index is 1.82. The third kappa shape index (κ3) is 3.93. The van der Waals surface area contributed by atoms with E-state index in [2.05, 4.69) is 22.4 Å². The predicted molar refractivity (Wildman–Crippen MR) is 75.4 cm³/mol. The summed E-state index contributed by atoms with van der Waals surface area (Å²) >= 11 is 0. The van der Waals surface area contributed by atoms with E-state index >= 15 is 0 Å². The first-order chi connectivity index (χ1) is 9.70. The highest BCUT2D eigenvalue weighted by Crippen LogP contribution is 2.12. The summed E-state index contributed by atoms with van der Waals surface area (Å²) < 4.78 is 5.53. The number of hydrogen-bond donors (Lipinski definition) is 1. The van der Waals surface area contributed by atoms with E-state index in [1.54, 1.807) is 11.9 Å². The average Bonchev–Trinajstić information content (AvgIpc) is 3.10. The zero-order chi connectivity index (χ0) is 14.4. The van der Waals surface area contributed by atoms with Crippen LogP contribution in [0.1, 0.15) is 32.1 Å². The summed E-state index contributed by atoms with van der Waals surface area (Å²) in [5.41, 5.74) is 0. The Morgan fingerprint density at radius 2 is 2.15 bits per heavy atom. The standard InChI is InChI=1S/C13H23N5O2/c1-3-6-14-9-11-15-16-13(20-11)17(2)10-12(19)18-7-4-5-8-18/h14H,3-10H2,1-2H3. The van der Waals surface area contributed by atoms with Gasteiger partial charge in [-0.3, -0.25) is 4.79 Å². The molecule has 1 amide bonds. The highest BCUT2D eigenvalue weighted by atomic mass is 16.4. The van der Waals surface area contributed by atoms with E-state index in [1.165, 1.54) is 0 Å². The molecule has 0 radical (unpaired) electrons. The molecule has 1 fully saturated rings. The average molecular weight is 281 g/mol. The molecular weight excluding hydrogens is 258 g/mol. The summed E-state index contributed by atoms with van der Waals surface area (Å²) in [6, 6.07) is 0.394. The number of carbonyl (C=O) groups excluding carboxylic acids is 1. The van der Waals surface area contributed by atoms with Crippen LogP contribution in [0.5, 0.6) is 0 Å². The van der Waals surface area contributed by atoms with Crippen molar-refractivity contribution in [3.8, 4) is 0 Å². The number of aromatic nitrogens is 2. The second-order valence-electron chi connectivity index (χ2n) is 5.10. The van der Waals surface area contributed by atoms with Crippen molar-refractivity contribution in [2.75, 3.05) is 38.1 Å². The fraction of sp³-hybridized carbons (Fsp3) is 0.769. The second-order valence-corrected chi connectivity index (χ2v) is 5.10. The predicted octanol–water partition coefficient (Wildman–Crippen LogP) is 0.628. The molecule has 1 aromatic heterocycles. The minimum atomic E-state index is 0.119. The van der Waals surface area contributed by atoms with Gasteiger partial charge in [-0.2, -0.15) is 0 Å². The van der Waals surface area contributed by atoms with E-state index in [0.29, 0.717) is 18.5 Å². The minimum Gasteiger partial charge on any atom is -0.407 e. The van der Waals surface area contributed by atoms with Gasteiger partial charge in [0.25, 0.3) is 0 Å². The van der Waals surface area contributed by atoms with Crippen molar-refractivity contribution < 1.29 is 9.21 Å². The van der Waals surface area contributed by atoms with Gasteiger partial charge in [0, 0.05) is 20.1 Å². The molecule has 1 N–H and O–H groups in total. The maximum Gasteiger partial charge on any atom is 0.318 e. The molecule has 7 nitrogen and oxygen atoms in total. The molecule has 0 aliphatic carbocycles. The lowest BCUT2D eigenvalue weighted by molar-refractivity contribution is -0.128. The van der Waals surface area contributed by atoms with E-state index < -0.39 is 0 Å². The molecule has 0 aromatic carbocycles. The Morgan fingerprint density at radius 1 is 1.40 bits per heavy atom. The van der Waals surface area contributed by atoms with Crippen LogP contribution in [0.25, 0.3) is 0 Å². The number of nitrogens with zero attached hydrogens (tertiary/aromatic N) is 4. The highest BCUT2D eigenvalue weighted by molar-refractivity contribution is 5.80. The van der Waals surface area contributed by atoms with Crippen molar-refractivity contribution >= 4 is 11.9 Å². The van der Waals surface area contributed by atoms with Crippen molar-refractivity contribution in [2.24, 2.45) is 0 Å². The number of rotatable bonds is 7. The largest absolute Gasteiger partial charge is 0.407 e. The van der Waals surface area contributed by atoms with Gasteiger partial charge >= 0.3 is 6.01 Å². The zero-order valence-electron chi connectivity index (χ0n) is 12.3. The molecule has 0 saturated carbocycles. The number of nitrogens with one attached hydrogen (secondary N) is 1. The molecule has 1 aromatic rings. The van der Waals surface area contributed by atoms with Crippen molar-refractivity contribution in [1.29, 1.82) is 0 Å². The molecule has 0 bridgehead atoms. The first-order valence-corrected chi connectivity index (χ1v) is 7.22. The van der Waals surface area contributed by atoms with E-state index in [1.807, 2.05) is 4.90 Å². The van der Waals surface area contributed by atoms with E-state index in [4.69, 9.17) is 4.42 Å². The summed E-state index contributed by atoms with van der Waals surface area (Å²) in [5.74, 6) is 0.669. The maximum absolute atomic E-state index is 12.0. The molecule has 1 aliphatic rings. The number of carbonyl (C=O) groups is 1. The molecule has 20 heavy (non-hydrogen) atoms. The SMILES string of the molecule is CCCNCc1nnc(N(C)CC(=O)N2CCCC2)o1. The van der Waals surface area contributed by atoms with Gasteiger partial charge in [0.15, 0.2) is 0 Å². The Morgan fingerprint density at radius 3 is 2.85 bits per heavy atom. The number of likely N-dealkylation sites (N-methyl/N-ethyl adjacent to an activating group) is 1. The Hall–Kier alpha value is -1.63. The number of likely N-dealkylation sites (tertiary alicyclic amines) is 1. The molecule has 2 rings (SSSR count). The molecule has 0 spiro atoms. The second kappa shape index (κ2) is 7.23. The molecule has 0 atom stereocenters. The summed E-state index contributed by atoms with van der Waals surface area (Å²) in [5, 5.41) is 11.1. The fourth-order valence-electron chi connectivity index (χ4n) is 2.18. The lowest BCUT2D eigenvalue weighted by atomic mass is 10.4. The van der Waals surface area contributed by atoms with Gasteiger partial charge in [-0.25, -0.2) is 0 Å². The lowest BCUT2D eigenvalue weighted by Crippen LogP contribution is -2.37. The van der Waals surface area contributed by atoms with Crippen LogP contribution in [-0.4, -0.2) is 54.2 Å². The van der Waals surface area contributed by atoms with Gasteiger partial charge < -0.3 is 19.5 Å². The molecular formula is C13H23N5O2. The van der Waals surface area contributed by atoms with Crippen LogP contribution < -0.4 is 10.2 Å². The van der Waals surface area contributed by atoms with Crippen LogP contribution in [0.4, 0.5) is 6.01 Å². The summed E-state index contributed by atoms with van der Waals surface area (Å²) in [4.78, 5) is 15.6. The molecule has 1 saturated heterocycles. The maximum atomic E-state index is 12.0. The Labute approximate surface area is 119 Å². The first kappa shape index (κ1) is 14.8. The van der Waals surface area contributed by atoms with Crippen molar-refractivity contribution in [3.63, 3.8) is 0 Å². The monoisotopic (exact) mass is 281 g/mol. The van der Waals surface area contributed by atoms with Crippen molar-refractivity contribution in [3.05, 3.63) is 5.89 Å². The summed E-state index contributed by atoms with van der Waals surface area (Å²) in [6.45, 7) is 5.59. The third-order valence-electron chi connectivity index (χ3n) is 3.32. The van der Waals surface area contributed by atoms with Crippen molar-refractivity contribution in [2.45, 2.75) is 32.7 Å². The Kier molecular flexibility index (Phi) is 5.34. The smallest absolute Gasteiger partial charge is 0.318 e. The fourth-order valence-corrected chi connectivity index (χ4v) is 2.18. The van der Waals surface area contributed by atoms with E-state index in [-0.39, 0.29) is 12.5 Å². The quantitative estimate of drug-likeness (QED) is 0.739. The number of anilines is 1. The molecule has 2 heterocycles. The van der Waals surface area contributed by atoms with E-state index in [9.17, 15) is 4.79 Å². The summed E-state index contributed by atoms with van der Waals surface area (Å²) in [6.07, 6.45) is 3.26. The van der Waals surface area contributed by atoms with Crippen LogP contribution in [0, 0.1) is 0 Å². The van der Waals surface area contributed by atoms with Crippen LogP contribution in [0.15, 0.2) is 4.42 Å².